The Bertz CT molecular complexity index is 733. The Morgan fingerprint density at radius 3 is 2.36 bits per heavy atom. The maximum atomic E-state index is 10.2. The van der Waals surface area contributed by atoms with Crippen LogP contribution in [-0.4, -0.2) is 18.4 Å². The van der Waals surface area contributed by atoms with E-state index in [9.17, 15) is 5.11 Å². The van der Waals surface area contributed by atoms with Gasteiger partial charge in [0.15, 0.2) is 0 Å². The summed E-state index contributed by atoms with van der Waals surface area (Å²) in [5, 5.41) is 10.4. The average molecular weight is 516 g/mol. The molecule has 1 heterocycles. The fourth-order valence-electron chi connectivity index (χ4n) is 4.59. The zero-order valence-corrected chi connectivity index (χ0v) is 21.9. The number of aliphatic hydroxyl groups excluding tert-OH is 1. The first-order chi connectivity index (χ1) is 12.9. The van der Waals surface area contributed by atoms with Crippen LogP contribution in [-0.2, 0) is 17.5 Å². The van der Waals surface area contributed by atoms with Gasteiger partial charge in [-0.15, -0.1) is 18.1 Å². The Morgan fingerprint density at radius 1 is 1.21 bits per heavy atom. The van der Waals surface area contributed by atoms with E-state index < -0.39 is 8.32 Å². The number of rotatable bonds is 4. The number of hydrogen-bond donors (Lipinski definition) is 1. The van der Waals surface area contributed by atoms with Crippen molar-refractivity contribution < 1.29 is 9.53 Å². The minimum atomic E-state index is -1.91. The van der Waals surface area contributed by atoms with Crippen LogP contribution in [0, 0.1) is 8.99 Å². The molecule has 5 heteroatoms. The van der Waals surface area contributed by atoms with E-state index in [2.05, 4.69) is 70.3 Å². The van der Waals surface area contributed by atoms with Crippen molar-refractivity contribution >= 4 is 30.9 Å². The summed E-state index contributed by atoms with van der Waals surface area (Å²) >= 11 is 2.47. The fraction of sp³-hybridized carbons (Fsp3) is 0.783. The third-order valence-electron chi connectivity index (χ3n) is 7.23. The summed E-state index contributed by atoms with van der Waals surface area (Å²) in [5.41, 5.74) is 4.92. The predicted molar refractivity (Wildman–Crippen MR) is 127 cm³/mol. The number of nitrogens with zero attached hydrogens (tertiary/aromatic N) is 1. The second kappa shape index (κ2) is 7.93. The van der Waals surface area contributed by atoms with Gasteiger partial charge in [-0.1, -0.05) is 47.5 Å². The maximum Gasteiger partial charge on any atom is 0.0710 e. The largest absolute Gasteiger partial charge is 0.559 e. The molecule has 0 bridgehead atoms. The molecule has 0 unspecified atom stereocenters. The molecule has 0 amide bonds. The topological polar surface area (TPSA) is 42.4 Å². The Hall–Kier alpha value is 0.0169. The molecule has 28 heavy (non-hydrogen) atoms. The van der Waals surface area contributed by atoms with Gasteiger partial charge in [-0.05, 0) is 62.0 Å². The zero-order valence-electron chi connectivity index (χ0n) is 18.8. The Balaban J connectivity index is 2.10. The molecular formula is C23H38INO2Si-. The molecular weight excluding hydrogens is 477 g/mol. The lowest BCUT2D eigenvalue weighted by atomic mass is 9.74. The third-order valence-corrected chi connectivity index (χ3v) is 12.9. The molecule has 2 aliphatic rings. The Morgan fingerprint density at radius 2 is 1.82 bits per heavy atom. The molecule has 0 radical (unpaired) electrons. The first-order valence-corrected chi connectivity index (χ1v) is 14.8. The smallest absolute Gasteiger partial charge is 0.0710 e. The highest BCUT2D eigenvalue weighted by atomic mass is 127. The normalized spacial score (nSPS) is 23.1. The van der Waals surface area contributed by atoms with Gasteiger partial charge in [0, 0.05) is 32.4 Å². The first-order valence-electron chi connectivity index (χ1n) is 10.9. The van der Waals surface area contributed by atoms with Gasteiger partial charge in [-0.3, -0.25) is 4.98 Å². The van der Waals surface area contributed by atoms with Crippen LogP contribution in [0.3, 0.4) is 0 Å². The van der Waals surface area contributed by atoms with E-state index in [4.69, 9.17) is 9.41 Å². The molecule has 0 spiro atoms. The molecule has 1 aromatic rings. The van der Waals surface area contributed by atoms with Crippen molar-refractivity contribution in [1.82, 2.24) is 4.98 Å². The molecule has 3 rings (SSSR count). The monoisotopic (exact) mass is 515 g/mol. The molecule has 0 saturated heterocycles. The van der Waals surface area contributed by atoms with Crippen LogP contribution in [0.4, 0.5) is 0 Å². The van der Waals surface area contributed by atoms with Crippen molar-refractivity contribution in [3.05, 3.63) is 26.1 Å². The molecule has 0 aliphatic heterocycles. The van der Waals surface area contributed by atoms with E-state index in [0.717, 1.165) is 18.4 Å². The fourth-order valence-corrected chi connectivity index (χ4v) is 6.96. The summed E-state index contributed by atoms with van der Waals surface area (Å²) in [4.78, 5) is 5.24. The van der Waals surface area contributed by atoms with Gasteiger partial charge in [0.2, 0.25) is 0 Å². The highest BCUT2D eigenvalue weighted by Gasteiger charge is 2.39. The molecule has 1 N–H and O–H groups in total. The second-order valence-electron chi connectivity index (χ2n) is 11.2. The number of fused-ring (bicyclic) bond motifs is 1. The minimum Gasteiger partial charge on any atom is -0.559 e. The average Bonchev–Trinajstić information content (AvgIpc) is 3.05. The molecule has 3 nitrogen and oxygen atoms in total. The van der Waals surface area contributed by atoms with E-state index in [1.54, 1.807) is 0 Å². The van der Waals surface area contributed by atoms with E-state index in [0.29, 0.717) is 5.92 Å². The van der Waals surface area contributed by atoms with Crippen molar-refractivity contribution in [2.24, 2.45) is 5.41 Å². The van der Waals surface area contributed by atoms with Gasteiger partial charge in [-0.25, -0.2) is 0 Å². The summed E-state index contributed by atoms with van der Waals surface area (Å²) in [6.45, 7) is 16.4. The van der Waals surface area contributed by atoms with Gasteiger partial charge in [0.1, 0.15) is 0 Å². The molecule has 1 aromatic heterocycles. The number of halogens is 1. The van der Waals surface area contributed by atoms with E-state index in [1.807, 2.05) is 0 Å². The maximum absolute atomic E-state index is 10.2. The summed E-state index contributed by atoms with van der Waals surface area (Å²) in [7, 11) is -1.91. The second-order valence-corrected chi connectivity index (χ2v) is 17.0. The lowest BCUT2D eigenvalue weighted by Gasteiger charge is -2.53. The number of pyridine rings is 1. The van der Waals surface area contributed by atoms with Crippen molar-refractivity contribution in [1.29, 1.82) is 0 Å². The third kappa shape index (κ3) is 4.37. The van der Waals surface area contributed by atoms with E-state index in [-0.39, 0.29) is 23.2 Å². The van der Waals surface area contributed by atoms with Crippen molar-refractivity contribution in [3.8, 4) is 0 Å². The standard InChI is InChI=1S/C23H38INO2Si/c1-22(2,3)28(6,7)27-18-13-23(4,5)12-17-19(18)20(24)16(14-26)21(25-17)15-10-8-9-11-15/h15,18,26H,8-14H2,1-7H3/q-1/t18-/m0/s1. The molecule has 2 aliphatic carbocycles. The molecule has 0 aromatic carbocycles. The van der Waals surface area contributed by atoms with Crippen molar-refractivity contribution in [2.75, 3.05) is 0 Å². The van der Waals surface area contributed by atoms with Gasteiger partial charge in [-0.2, -0.15) is 0 Å². The lowest BCUT2D eigenvalue weighted by Crippen LogP contribution is -2.44. The Labute approximate surface area is 186 Å². The summed E-state index contributed by atoms with van der Waals surface area (Å²) in [6, 6.07) is 0. The summed E-state index contributed by atoms with van der Waals surface area (Å²) < 4.78 is 8.18. The van der Waals surface area contributed by atoms with Gasteiger partial charge < -0.3 is 9.53 Å². The van der Waals surface area contributed by atoms with Gasteiger partial charge in [0.05, 0.1) is 12.3 Å². The van der Waals surface area contributed by atoms with E-state index >= 15 is 0 Å². The van der Waals surface area contributed by atoms with Crippen LogP contribution in [0.25, 0.3) is 0 Å². The lowest BCUT2D eigenvalue weighted by molar-refractivity contribution is 0.105. The Kier molecular flexibility index (Phi) is 6.43. The van der Waals surface area contributed by atoms with Crippen LogP contribution in [0.15, 0.2) is 0 Å². The highest BCUT2D eigenvalue weighted by Crippen LogP contribution is 2.49. The molecule has 159 valence electrons. The van der Waals surface area contributed by atoms with Gasteiger partial charge >= 0.3 is 0 Å². The van der Waals surface area contributed by atoms with Crippen LogP contribution in [0.5, 0.6) is 0 Å². The minimum absolute atomic E-state index is 0.0839. The first kappa shape index (κ1) is 22.7. The summed E-state index contributed by atoms with van der Waals surface area (Å²) in [5.74, 6) is 0.519. The molecule has 1 saturated carbocycles. The van der Waals surface area contributed by atoms with Crippen LogP contribution >= 0.6 is 22.6 Å². The van der Waals surface area contributed by atoms with Crippen LogP contribution < -0.4 is 0 Å². The zero-order chi connectivity index (χ0) is 20.9. The predicted octanol–water partition coefficient (Wildman–Crippen LogP) is 6.87. The summed E-state index contributed by atoms with van der Waals surface area (Å²) in [6.07, 6.45) is 7.10. The highest BCUT2D eigenvalue weighted by molar-refractivity contribution is 14.1. The van der Waals surface area contributed by atoms with Gasteiger partial charge in [0.25, 0.3) is 0 Å². The van der Waals surface area contributed by atoms with Crippen molar-refractivity contribution in [2.45, 2.75) is 110 Å². The van der Waals surface area contributed by atoms with E-state index in [1.165, 1.54) is 46.2 Å². The number of aromatic nitrogens is 1. The quantitative estimate of drug-likeness (QED) is 0.352. The molecule has 1 atom stereocenters. The SMILES string of the molecule is CC1(C)Cc2nc(C3CCCC3)c(CO)c(I)c2[C@@H](O[Si-](C)(C)C(C)(C)C)C1. The van der Waals surface area contributed by atoms with Crippen molar-refractivity contribution in [3.63, 3.8) is 0 Å². The van der Waals surface area contributed by atoms with Crippen LogP contribution in [0.2, 0.25) is 18.1 Å². The molecule has 1 fully saturated rings. The number of hydrogen-bond acceptors (Lipinski definition) is 3. The van der Waals surface area contributed by atoms with Crippen LogP contribution in [0.1, 0.15) is 101 Å². The number of aliphatic hydroxyl groups is 1.